The molecule has 2 aromatic rings. The Morgan fingerprint density at radius 1 is 1.00 bits per heavy atom. The van der Waals surface area contributed by atoms with Crippen LogP contribution in [-0.4, -0.2) is 30.4 Å². The molecule has 0 spiro atoms. The number of carbonyl (C=O) groups excluding carboxylic acids is 3. The quantitative estimate of drug-likeness (QED) is 0.617. The molecule has 8 nitrogen and oxygen atoms in total. The van der Waals surface area contributed by atoms with Gasteiger partial charge in [0.2, 0.25) is 0 Å². The summed E-state index contributed by atoms with van der Waals surface area (Å²) in [5.41, 5.74) is 6.47. The van der Waals surface area contributed by atoms with Crippen LogP contribution in [0.15, 0.2) is 48.5 Å². The van der Waals surface area contributed by atoms with Gasteiger partial charge < -0.3 is 10.1 Å². The van der Waals surface area contributed by atoms with Gasteiger partial charge in [0.25, 0.3) is 17.7 Å². The van der Waals surface area contributed by atoms with Gasteiger partial charge in [0.1, 0.15) is 5.75 Å². The van der Waals surface area contributed by atoms with Crippen LogP contribution in [0.4, 0.5) is 0 Å². The molecule has 0 saturated carbocycles. The Labute approximate surface area is 181 Å². The molecule has 0 aliphatic rings. The first-order valence-electron chi connectivity index (χ1n) is 9.74. The lowest BCUT2D eigenvalue weighted by molar-refractivity contribution is -0.132. The van der Waals surface area contributed by atoms with Crippen molar-refractivity contribution in [1.82, 2.24) is 16.2 Å². The van der Waals surface area contributed by atoms with E-state index in [1.165, 1.54) is 6.92 Å². The number of amides is 3. The SMILES string of the molecule is C[C@H](Oc1ccc(C#N)cc1)C(=O)NNC(=O)CNC(=O)c1ccc(C(C)(C)C)cc1. The first-order chi connectivity index (χ1) is 14.6. The van der Waals surface area contributed by atoms with Crippen LogP contribution in [0.5, 0.6) is 5.75 Å². The number of hydrogen-bond donors (Lipinski definition) is 3. The van der Waals surface area contributed by atoms with Crippen molar-refractivity contribution in [2.24, 2.45) is 0 Å². The van der Waals surface area contributed by atoms with Gasteiger partial charge in [0.05, 0.1) is 18.2 Å². The molecule has 162 valence electrons. The molecule has 0 fully saturated rings. The third-order valence-electron chi connectivity index (χ3n) is 4.41. The number of hydrogen-bond acceptors (Lipinski definition) is 5. The van der Waals surface area contributed by atoms with E-state index in [2.05, 4.69) is 36.9 Å². The van der Waals surface area contributed by atoms with Crippen molar-refractivity contribution in [2.45, 2.75) is 39.2 Å². The summed E-state index contributed by atoms with van der Waals surface area (Å²) in [6.45, 7) is 7.46. The van der Waals surface area contributed by atoms with Crippen LogP contribution in [0.2, 0.25) is 0 Å². The zero-order valence-corrected chi connectivity index (χ0v) is 18.0. The van der Waals surface area contributed by atoms with Crippen LogP contribution in [0.3, 0.4) is 0 Å². The molecule has 0 unspecified atom stereocenters. The largest absolute Gasteiger partial charge is 0.481 e. The van der Waals surface area contributed by atoms with Gasteiger partial charge in [-0.3, -0.25) is 25.2 Å². The Morgan fingerprint density at radius 2 is 1.61 bits per heavy atom. The van der Waals surface area contributed by atoms with Crippen LogP contribution in [0, 0.1) is 11.3 Å². The molecule has 0 saturated heterocycles. The normalized spacial score (nSPS) is 11.6. The van der Waals surface area contributed by atoms with Crippen LogP contribution in [-0.2, 0) is 15.0 Å². The molecule has 0 bridgehead atoms. The van der Waals surface area contributed by atoms with Gasteiger partial charge in [-0.2, -0.15) is 5.26 Å². The number of nitrogens with zero attached hydrogens (tertiary/aromatic N) is 1. The van der Waals surface area contributed by atoms with Gasteiger partial charge in [0, 0.05) is 5.56 Å². The summed E-state index contributed by atoms with van der Waals surface area (Å²) in [6.07, 6.45) is -0.885. The Hall–Kier alpha value is -3.86. The van der Waals surface area contributed by atoms with Crippen molar-refractivity contribution in [1.29, 1.82) is 5.26 Å². The zero-order chi connectivity index (χ0) is 23.0. The van der Waals surface area contributed by atoms with Gasteiger partial charge >= 0.3 is 0 Å². The smallest absolute Gasteiger partial charge is 0.279 e. The summed E-state index contributed by atoms with van der Waals surface area (Å²) in [7, 11) is 0. The third kappa shape index (κ3) is 7.16. The number of hydrazine groups is 1. The van der Waals surface area contributed by atoms with Gasteiger partial charge in [-0.25, -0.2) is 0 Å². The molecule has 0 heterocycles. The molecule has 31 heavy (non-hydrogen) atoms. The fourth-order valence-corrected chi connectivity index (χ4v) is 2.53. The van der Waals surface area contributed by atoms with E-state index in [1.807, 2.05) is 18.2 Å². The van der Waals surface area contributed by atoms with E-state index in [0.29, 0.717) is 16.9 Å². The average Bonchev–Trinajstić information content (AvgIpc) is 2.75. The molecule has 2 aromatic carbocycles. The molecule has 1 atom stereocenters. The first kappa shape index (κ1) is 23.4. The highest BCUT2D eigenvalue weighted by molar-refractivity contribution is 5.96. The van der Waals surface area contributed by atoms with Crippen molar-refractivity contribution in [3.63, 3.8) is 0 Å². The maximum Gasteiger partial charge on any atom is 0.279 e. The predicted molar refractivity (Wildman–Crippen MR) is 115 cm³/mol. The number of benzene rings is 2. The number of nitriles is 1. The van der Waals surface area contributed by atoms with Gasteiger partial charge in [-0.1, -0.05) is 32.9 Å². The van der Waals surface area contributed by atoms with E-state index in [1.54, 1.807) is 36.4 Å². The van der Waals surface area contributed by atoms with Crippen molar-refractivity contribution in [3.05, 3.63) is 65.2 Å². The fraction of sp³-hybridized carbons (Fsp3) is 0.304. The maximum atomic E-state index is 12.2. The van der Waals surface area contributed by atoms with Crippen molar-refractivity contribution >= 4 is 17.7 Å². The Bertz CT molecular complexity index is 971. The summed E-state index contributed by atoms with van der Waals surface area (Å²) in [5, 5.41) is 11.3. The van der Waals surface area contributed by atoms with Gasteiger partial charge in [0.15, 0.2) is 6.10 Å². The fourth-order valence-electron chi connectivity index (χ4n) is 2.53. The highest BCUT2D eigenvalue weighted by Gasteiger charge is 2.17. The van der Waals surface area contributed by atoms with Crippen LogP contribution in [0.25, 0.3) is 0 Å². The highest BCUT2D eigenvalue weighted by Crippen LogP contribution is 2.22. The first-order valence-corrected chi connectivity index (χ1v) is 9.74. The van der Waals surface area contributed by atoms with E-state index in [0.717, 1.165) is 5.56 Å². The minimum Gasteiger partial charge on any atom is -0.481 e. The molecular formula is C23H26N4O4. The van der Waals surface area contributed by atoms with E-state index in [-0.39, 0.29) is 17.9 Å². The Balaban J connectivity index is 1.75. The number of carbonyl (C=O) groups is 3. The van der Waals surface area contributed by atoms with E-state index >= 15 is 0 Å². The number of nitrogens with one attached hydrogen (secondary N) is 3. The molecule has 3 amide bonds. The maximum absolute atomic E-state index is 12.2. The van der Waals surface area contributed by atoms with Crippen molar-refractivity contribution in [3.8, 4) is 11.8 Å². The van der Waals surface area contributed by atoms with Crippen LogP contribution >= 0.6 is 0 Å². The van der Waals surface area contributed by atoms with Crippen LogP contribution < -0.4 is 20.9 Å². The standard InChI is InChI=1S/C23H26N4O4/c1-15(31-19-11-5-16(13-24)6-12-19)21(29)27-26-20(28)14-25-22(30)17-7-9-18(10-8-17)23(2,3)4/h5-12,15H,14H2,1-4H3,(H,25,30)(H,26,28)(H,27,29)/t15-/m0/s1. The van der Waals surface area contributed by atoms with E-state index in [4.69, 9.17) is 10.00 Å². The second-order valence-electron chi connectivity index (χ2n) is 7.94. The number of ether oxygens (including phenoxy) is 1. The zero-order valence-electron chi connectivity index (χ0n) is 18.0. The summed E-state index contributed by atoms with van der Waals surface area (Å²) < 4.78 is 5.45. The second kappa shape index (κ2) is 10.3. The Kier molecular flexibility index (Phi) is 7.75. The van der Waals surface area contributed by atoms with Crippen molar-refractivity contribution < 1.29 is 19.1 Å². The summed E-state index contributed by atoms with van der Waals surface area (Å²) in [6, 6.07) is 15.4. The molecule has 0 aromatic heterocycles. The Morgan fingerprint density at radius 3 is 2.16 bits per heavy atom. The summed E-state index contributed by atoms with van der Waals surface area (Å²) in [4.78, 5) is 36.2. The average molecular weight is 422 g/mol. The molecule has 0 aliphatic heterocycles. The molecule has 8 heteroatoms. The second-order valence-corrected chi connectivity index (χ2v) is 7.94. The minimum atomic E-state index is -0.885. The highest BCUT2D eigenvalue weighted by atomic mass is 16.5. The molecule has 3 N–H and O–H groups in total. The minimum absolute atomic E-state index is 0.0198. The van der Waals surface area contributed by atoms with Gasteiger partial charge in [-0.15, -0.1) is 0 Å². The molecular weight excluding hydrogens is 396 g/mol. The lowest BCUT2D eigenvalue weighted by Crippen LogP contribution is -2.50. The van der Waals surface area contributed by atoms with E-state index in [9.17, 15) is 14.4 Å². The summed E-state index contributed by atoms with van der Waals surface area (Å²) in [5.74, 6) is -1.13. The topological polar surface area (TPSA) is 120 Å². The lowest BCUT2D eigenvalue weighted by Gasteiger charge is -2.19. The third-order valence-corrected chi connectivity index (χ3v) is 4.41. The molecule has 2 rings (SSSR count). The predicted octanol–water partition coefficient (Wildman–Crippen LogP) is 2.20. The van der Waals surface area contributed by atoms with Crippen molar-refractivity contribution in [2.75, 3.05) is 6.54 Å². The molecule has 0 aliphatic carbocycles. The monoisotopic (exact) mass is 422 g/mol. The van der Waals surface area contributed by atoms with Gasteiger partial charge in [-0.05, 0) is 54.3 Å². The summed E-state index contributed by atoms with van der Waals surface area (Å²) >= 11 is 0. The lowest BCUT2D eigenvalue weighted by atomic mass is 9.87. The van der Waals surface area contributed by atoms with E-state index < -0.39 is 17.9 Å². The van der Waals surface area contributed by atoms with Crippen LogP contribution in [0.1, 0.15) is 49.2 Å². The molecule has 0 radical (unpaired) electrons. The number of rotatable bonds is 6.